The Kier molecular flexibility index (Phi) is 24.4. The Labute approximate surface area is 425 Å². The van der Waals surface area contributed by atoms with Crippen LogP contribution in [0.25, 0.3) is 19.4 Å². The first kappa shape index (κ1) is 66.3. The van der Waals surface area contributed by atoms with Crippen LogP contribution < -0.4 is 18.9 Å². The summed E-state index contributed by atoms with van der Waals surface area (Å²) in [6.07, 6.45) is 21.1. The van der Waals surface area contributed by atoms with Crippen LogP contribution in [0.5, 0.6) is 0 Å². The molecule has 4 aromatic rings. The number of halogens is 16. The molecule has 2 aliphatic carbocycles. The summed E-state index contributed by atoms with van der Waals surface area (Å²) < 4.78 is 257. The van der Waals surface area contributed by atoms with Crippen LogP contribution in [0.1, 0.15) is 22.3 Å². The van der Waals surface area contributed by atoms with Gasteiger partial charge in [0.15, 0.2) is 40.1 Å². The molecule has 6 rings (SSSR count). The Morgan fingerprint density at radius 3 is 0.703 bits per heavy atom. The molecule has 10 nitrogen and oxygen atoms in total. The molecule has 0 atom stereocenters. The van der Waals surface area contributed by atoms with Crippen LogP contribution in [-0.4, -0.2) is 63.0 Å². The van der Waals surface area contributed by atoms with Gasteiger partial charge < -0.3 is 25.5 Å². The third kappa shape index (κ3) is 21.7. The first-order valence-corrected chi connectivity index (χ1v) is 24.7. The SMILES string of the molecule is C1=C[CH+]C(=C(c2ccccc2)c2ccccc2)C=C1.C1=C[CH+]C(=C(c2ccccc2)c2ccccc2)C=C1.F[B-](F)(F)F.O=S(=O)([N-]S(=O)(=O)C(F)(F)F)C(F)(F)F.O=S(=O)([N-]S(=O)(=O)C(F)(F)F)C(F)(F)F.[Li+]. The molecule has 0 aromatic heterocycles. The number of benzene rings is 4. The fourth-order valence-electron chi connectivity index (χ4n) is 5.06. The zero-order valence-electron chi connectivity index (χ0n) is 36.7. The van der Waals surface area contributed by atoms with Crippen molar-refractivity contribution < 1.29 is 122 Å². The van der Waals surface area contributed by atoms with E-state index in [-0.39, 0.29) is 18.9 Å². The molecule has 4 aromatic carbocycles. The van der Waals surface area contributed by atoms with Crippen molar-refractivity contribution in [2.75, 3.05) is 0 Å². The van der Waals surface area contributed by atoms with E-state index in [4.69, 9.17) is 0 Å². The molecule has 0 saturated carbocycles. The maximum Gasteiger partial charge on any atom is 1.00 e. The molecule has 396 valence electrons. The second-order valence-electron chi connectivity index (χ2n) is 13.3. The number of nitrogens with zero attached hydrogens (tertiary/aromatic N) is 2. The molecule has 0 N–H and O–H groups in total. The summed E-state index contributed by atoms with van der Waals surface area (Å²) in [5.74, 6) is 0. The van der Waals surface area contributed by atoms with Crippen LogP contribution in [0.3, 0.4) is 0 Å². The third-order valence-corrected chi connectivity index (χ3v) is 13.4. The molecule has 0 unspecified atom stereocenters. The van der Waals surface area contributed by atoms with Crippen molar-refractivity contribution in [2.45, 2.75) is 22.0 Å². The predicted molar refractivity (Wildman–Crippen MR) is 240 cm³/mol. The molecule has 0 radical (unpaired) electrons. The molecular weight excluding hydrogens is 1110 g/mol. The van der Waals surface area contributed by atoms with Gasteiger partial charge in [-0.05, 0) is 48.5 Å². The number of alkyl halides is 12. The molecule has 74 heavy (non-hydrogen) atoms. The Balaban J connectivity index is 0.000000480. The monoisotopic (exact) mass is 1140 g/mol. The smallest absolute Gasteiger partial charge is 0.421 e. The van der Waals surface area contributed by atoms with Gasteiger partial charge in [0.2, 0.25) is 0 Å². The molecule has 0 heterocycles. The van der Waals surface area contributed by atoms with Crippen molar-refractivity contribution in [3.63, 3.8) is 0 Å². The molecule has 0 amide bonds. The van der Waals surface area contributed by atoms with Gasteiger partial charge in [0, 0.05) is 83.7 Å². The van der Waals surface area contributed by atoms with Crippen molar-refractivity contribution in [3.8, 4) is 0 Å². The molecule has 32 heteroatoms. The summed E-state index contributed by atoms with van der Waals surface area (Å²) in [5, 5.41) is 0. The van der Waals surface area contributed by atoms with Crippen LogP contribution in [0, 0.1) is 12.8 Å². The van der Waals surface area contributed by atoms with E-state index in [0.717, 1.165) is 8.25 Å². The van der Waals surface area contributed by atoms with Crippen molar-refractivity contribution in [3.05, 3.63) is 224 Å². The van der Waals surface area contributed by atoms with E-state index in [1.807, 2.05) is 0 Å². The van der Waals surface area contributed by atoms with Crippen LogP contribution in [-0.2, 0) is 40.1 Å². The van der Waals surface area contributed by atoms with E-state index in [1.54, 1.807) is 0 Å². The van der Waals surface area contributed by atoms with E-state index in [1.165, 1.54) is 44.5 Å². The number of hydrogen-bond donors (Lipinski definition) is 0. The van der Waals surface area contributed by atoms with Gasteiger partial charge in [-0.15, -0.1) is 0 Å². The van der Waals surface area contributed by atoms with Crippen LogP contribution in [0.4, 0.5) is 69.9 Å². The summed E-state index contributed by atoms with van der Waals surface area (Å²) in [6, 6.07) is 42.2. The average molecular weight is 1140 g/mol. The number of rotatable bonds is 8. The Morgan fingerprint density at radius 2 is 0.554 bits per heavy atom. The fourth-order valence-corrected chi connectivity index (χ4v) is 8.48. The van der Waals surface area contributed by atoms with Crippen LogP contribution >= 0.6 is 0 Å². The van der Waals surface area contributed by atoms with Crippen molar-refractivity contribution in [1.29, 1.82) is 0 Å². The number of hydrogen-bond acceptors (Lipinski definition) is 8. The Hall–Kier alpha value is -5.68. The first-order chi connectivity index (χ1) is 33.3. The Bertz CT molecular complexity index is 2720. The fraction of sp³-hybridized carbons (Fsp3) is 0.0952. The minimum Gasteiger partial charge on any atom is -0.421 e. The topological polar surface area (TPSA) is 165 Å². The van der Waals surface area contributed by atoms with Gasteiger partial charge >= 0.3 is 48.1 Å². The van der Waals surface area contributed by atoms with Crippen LogP contribution in [0.15, 0.2) is 181 Å². The minimum atomic E-state index is -6.72. The van der Waals surface area contributed by atoms with E-state index in [2.05, 4.69) is 183 Å². The first-order valence-electron chi connectivity index (χ1n) is 19.0. The van der Waals surface area contributed by atoms with Crippen molar-refractivity contribution in [1.82, 2.24) is 0 Å². The average Bonchev–Trinajstić information content (AvgIpc) is 3.27. The number of sulfonamides is 4. The zero-order valence-corrected chi connectivity index (χ0v) is 40.0. The summed E-state index contributed by atoms with van der Waals surface area (Å²) in [7, 11) is -32.9. The summed E-state index contributed by atoms with van der Waals surface area (Å²) in [4.78, 5) is 0. The zero-order chi connectivity index (χ0) is 55.7. The van der Waals surface area contributed by atoms with E-state index >= 15 is 0 Å². The molecule has 2 aliphatic rings. The molecule has 0 bridgehead atoms. The van der Waals surface area contributed by atoms with E-state index in [9.17, 15) is 104 Å². The molecule has 0 fully saturated rings. The Morgan fingerprint density at radius 1 is 0.365 bits per heavy atom. The van der Waals surface area contributed by atoms with E-state index in [0.29, 0.717) is 0 Å². The second kappa shape index (κ2) is 27.2. The quantitative estimate of drug-likeness (QED) is 0.0956. The summed E-state index contributed by atoms with van der Waals surface area (Å²) in [5.41, 5.74) is -14.8. The normalized spacial score (nSPS) is 13.8. The van der Waals surface area contributed by atoms with Gasteiger partial charge in [-0.1, -0.05) is 72.8 Å². The van der Waals surface area contributed by atoms with Crippen molar-refractivity contribution in [2.24, 2.45) is 0 Å². The minimum absolute atomic E-state index is 0. The standard InChI is InChI=1S/2C19H15.2C2F6NO4S2.BF4.Li/c2*1-4-10-16(11-5-1)19(17-12-6-2-7-13-17)18-14-8-3-9-15-18;2*3-1(4,5)14(10,11)9-15(12,13)2(6,7)8;2-1(3,4)5;/h2*1-15H;;;;/q2*+1;3*-1;+1. The van der Waals surface area contributed by atoms with E-state index < -0.39 is 69.4 Å². The predicted octanol–water partition coefficient (Wildman–Crippen LogP) is 10.1. The largest absolute Gasteiger partial charge is 1.00 e. The molecule has 0 aliphatic heterocycles. The maximum atomic E-state index is 11.4. The van der Waals surface area contributed by atoms with Gasteiger partial charge in [-0.3, -0.25) is 0 Å². The molecule has 0 spiro atoms. The number of allylic oxidation sites excluding steroid dienone is 10. The summed E-state index contributed by atoms with van der Waals surface area (Å²) in [6.45, 7) is 0. The second-order valence-corrected chi connectivity index (χ2v) is 20.1. The van der Waals surface area contributed by atoms with Gasteiger partial charge in [0.05, 0.1) is 11.1 Å². The van der Waals surface area contributed by atoms with Gasteiger partial charge in [-0.25, -0.2) is 33.7 Å². The van der Waals surface area contributed by atoms with Gasteiger partial charge in [0.25, 0.3) is 0 Å². The van der Waals surface area contributed by atoms with Crippen molar-refractivity contribution >= 4 is 58.5 Å². The summed E-state index contributed by atoms with van der Waals surface area (Å²) >= 11 is 0. The third-order valence-electron chi connectivity index (χ3n) is 7.94. The molecular formula is C42H30BF16LiN2O8S4. The van der Waals surface area contributed by atoms with Gasteiger partial charge in [-0.2, -0.15) is 52.7 Å². The van der Waals surface area contributed by atoms with Crippen LogP contribution in [0.2, 0.25) is 0 Å². The van der Waals surface area contributed by atoms with Gasteiger partial charge in [0.1, 0.15) is 11.1 Å². The maximum absolute atomic E-state index is 11.4. The molecule has 0 saturated heterocycles.